The van der Waals surface area contributed by atoms with E-state index in [-0.39, 0.29) is 30.3 Å². The zero-order valence-electron chi connectivity index (χ0n) is 14.0. The lowest BCUT2D eigenvalue weighted by molar-refractivity contribution is -0.119. The van der Waals surface area contributed by atoms with Gasteiger partial charge < -0.3 is 10.2 Å². The molecule has 0 aromatic heterocycles. The summed E-state index contributed by atoms with van der Waals surface area (Å²) in [4.78, 5) is 26.8. The Hall–Kier alpha value is -2.62. The van der Waals surface area contributed by atoms with E-state index in [1.54, 1.807) is 12.1 Å². The number of carbonyl (C=O) groups excluding carboxylic acids is 2. The molecule has 24 heavy (non-hydrogen) atoms. The molecule has 0 fully saturated rings. The van der Waals surface area contributed by atoms with E-state index in [1.807, 2.05) is 48.2 Å². The molecule has 0 saturated carbocycles. The zero-order valence-corrected chi connectivity index (χ0v) is 14.0. The normalized spacial score (nSPS) is 17.2. The summed E-state index contributed by atoms with van der Waals surface area (Å²) >= 11 is 0. The number of amides is 2. The first-order valence-corrected chi connectivity index (χ1v) is 8.32. The highest BCUT2D eigenvalue weighted by atomic mass is 16.2. The van der Waals surface area contributed by atoms with Gasteiger partial charge in [0.1, 0.15) is 0 Å². The molecule has 4 nitrogen and oxygen atoms in total. The second-order valence-electron chi connectivity index (χ2n) is 6.39. The monoisotopic (exact) mass is 322 g/mol. The van der Waals surface area contributed by atoms with Gasteiger partial charge in [0, 0.05) is 29.8 Å². The molecule has 0 bridgehead atoms. The molecule has 2 aromatic carbocycles. The van der Waals surface area contributed by atoms with E-state index >= 15 is 0 Å². The van der Waals surface area contributed by atoms with Gasteiger partial charge in [0.15, 0.2) is 0 Å². The zero-order chi connectivity index (χ0) is 17.1. The number of nitrogens with zero attached hydrogens (tertiary/aromatic N) is 1. The van der Waals surface area contributed by atoms with Crippen molar-refractivity contribution in [2.45, 2.75) is 38.8 Å². The second-order valence-corrected chi connectivity index (χ2v) is 6.39. The number of anilines is 1. The molecule has 2 unspecified atom stereocenters. The molecular formula is C20H22N2O2. The third-order valence-corrected chi connectivity index (χ3v) is 4.37. The quantitative estimate of drug-likeness (QED) is 0.940. The van der Waals surface area contributed by atoms with E-state index in [0.29, 0.717) is 5.56 Å². The Kier molecular flexibility index (Phi) is 4.65. The summed E-state index contributed by atoms with van der Waals surface area (Å²) in [6, 6.07) is 17.0. The minimum absolute atomic E-state index is 0.0494. The number of hydrogen-bond acceptors (Lipinski definition) is 2. The van der Waals surface area contributed by atoms with Crippen molar-refractivity contribution in [1.82, 2.24) is 5.32 Å². The summed E-state index contributed by atoms with van der Waals surface area (Å²) < 4.78 is 0. The highest BCUT2D eigenvalue weighted by Crippen LogP contribution is 2.32. The minimum Gasteiger partial charge on any atom is -0.349 e. The maximum absolute atomic E-state index is 12.7. The van der Waals surface area contributed by atoms with Gasteiger partial charge in [-0.15, -0.1) is 0 Å². The third kappa shape index (κ3) is 3.32. The van der Waals surface area contributed by atoms with Gasteiger partial charge in [0.05, 0.1) is 0 Å². The Morgan fingerprint density at radius 1 is 1.12 bits per heavy atom. The number of fused-ring (bicyclic) bond motifs is 1. The van der Waals surface area contributed by atoms with Crippen LogP contribution < -0.4 is 10.2 Å². The standard InChI is InChI=1S/C20H22N2O2/c1-14(21-20(24)16-8-4-3-5-9-16)12-19(23)22-15(2)13-17-10-6-7-11-18(17)22/h3-11,14-15H,12-13H2,1-2H3,(H,21,24). The number of rotatable bonds is 4. The maximum Gasteiger partial charge on any atom is 0.251 e. The van der Waals surface area contributed by atoms with Crippen LogP contribution in [0, 0.1) is 0 Å². The molecule has 0 saturated heterocycles. The number of benzene rings is 2. The molecule has 2 atom stereocenters. The van der Waals surface area contributed by atoms with Crippen molar-refractivity contribution in [3.63, 3.8) is 0 Å². The van der Waals surface area contributed by atoms with E-state index in [2.05, 4.69) is 18.3 Å². The molecule has 0 radical (unpaired) electrons. The van der Waals surface area contributed by atoms with Crippen molar-refractivity contribution in [3.8, 4) is 0 Å². The lowest BCUT2D eigenvalue weighted by Crippen LogP contribution is -2.41. The molecule has 0 spiro atoms. The van der Waals surface area contributed by atoms with Crippen molar-refractivity contribution < 1.29 is 9.59 Å². The van der Waals surface area contributed by atoms with E-state index < -0.39 is 0 Å². The van der Waals surface area contributed by atoms with Crippen molar-refractivity contribution in [3.05, 3.63) is 65.7 Å². The number of hydrogen-bond donors (Lipinski definition) is 1. The Labute approximate surface area is 142 Å². The summed E-state index contributed by atoms with van der Waals surface area (Å²) in [7, 11) is 0. The lowest BCUT2D eigenvalue weighted by Gasteiger charge is -2.24. The van der Waals surface area contributed by atoms with Crippen LogP contribution >= 0.6 is 0 Å². The van der Waals surface area contributed by atoms with Gasteiger partial charge in [-0.2, -0.15) is 0 Å². The highest BCUT2D eigenvalue weighted by Gasteiger charge is 2.31. The Morgan fingerprint density at radius 2 is 1.79 bits per heavy atom. The van der Waals surface area contributed by atoms with E-state index in [1.165, 1.54) is 5.56 Å². The maximum atomic E-state index is 12.7. The van der Waals surface area contributed by atoms with Crippen LogP contribution in [0.1, 0.15) is 36.2 Å². The first kappa shape index (κ1) is 16.2. The first-order chi connectivity index (χ1) is 11.6. The van der Waals surface area contributed by atoms with Crippen LogP contribution in [-0.2, 0) is 11.2 Å². The fraction of sp³-hybridized carbons (Fsp3) is 0.300. The van der Waals surface area contributed by atoms with Gasteiger partial charge in [-0.05, 0) is 44.0 Å². The number of nitrogens with one attached hydrogen (secondary N) is 1. The fourth-order valence-electron chi connectivity index (χ4n) is 3.25. The van der Waals surface area contributed by atoms with E-state index in [0.717, 1.165) is 12.1 Å². The van der Waals surface area contributed by atoms with Gasteiger partial charge >= 0.3 is 0 Å². The molecule has 1 N–H and O–H groups in total. The average molecular weight is 322 g/mol. The van der Waals surface area contributed by atoms with E-state index in [9.17, 15) is 9.59 Å². The molecule has 1 heterocycles. The molecule has 1 aliphatic heterocycles. The van der Waals surface area contributed by atoms with Gasteiger partial charge in [0.25, 0.3) is 5.91 Å². The van der Waals surface area contributed by atoms with Crippen LogP contribution in [0.2, 0.25) is 0 Å². The molecule has 0 aliphatic carbocycles. The van der Waals surface area contributed by atoms with Crippen molar-refractivity contribution in [2.75, 3.05) is 4.90 Å². The molecule has 4 heteroatoms. The average Bonchev–Trinajstić information content (AvgIpc) is 2.91. The summed E-state index contributed by atoms with van der Waals surface area (Å²) in [5.74, 6) is -0.0981. The Bertz CT molecular complexity index is 742. The summed E-state index contributed by atoms with van der Waals surface area (Å²) in [6.07, 6.45) is 1.17. The van der Waals surface area contributed by atoms with Crippen molar-refractivity contribution >= 4 is 17.5 Å². The highest BCUT2D eigenvalue weighted by molar-refractivity contribution is 5.98. The topological polar surface area (TPSA) is 49.4 Å². The molecule has 2 aromatic rings. The van der Waals surface area contributed by atoms with Crippen molar-refractivity contribution in [1.29, 1.82) is 0 Å². The van der Waals surface area contributed by atoms with Gasteiger partial charge in [0.2, 0.25) is 5.91 Å². The number of carbonyl (C=O) groups is 2. The Balaban J connectivity index is 1.64. The molecule has 124 valence electrons. The molecule has 2 amide bonds. The van der Waals surface area contributed by atoms with Crippen LogP contribution in [0.25, 0.3) is 0 Å². The van der Waals surface area contributed by atoms with Crippen LogP contribution in [-0.4, -0.2) is 23.9 Å². The number of para-hydroxylation sites is 1. The van der Waals surface area contributed by atoms with Crippen LogP contribution in [0.15, 0.2) is 54.6 Å². The molecule has 3 rings (SSSR count). The first-order valence-electron chi connectivity index (χ1n) is 8.32. The lowest BCUT2D eigenvalue weighted by atomic mass is 10.1. The van der Waals surface area contributed by atoms with Crippen LogP contribution in [0.4, 0.5) is 5.69 Å². The van der Waals surface area contributed by atoms with Crippen molar-refractivity contribution in [2.24, 2.45) is 0 Å². The summed E-state index contributed by atoms with van der Waals surface area (Å²) in [5.41, 5.74) is 2.81. The predicted octanol–water partition coefficient (Wildman–Crippen LogP) is 3.17. The fourth-order valence-corrected chi connectivity index (χ4v) is 3.25. The van der Waals surface area contributed by atoms with Gasteiger partial charge in [-0.3, -0.25) is 9.59 Å². The third-order valence-electron chi connectivity index (χ3n) is 4.37. The summed E-state index contributed by atoms with van der Waals surface area (Å²) in [5, 5.41) is 2.90. The van der Waals surface area contributed by atoms with Gasteiger partial charge in [-0.1, -0.05) is 36.4 Å². The van der Waals surface area contributed by atoms with E-state index in [4.69, 9.17) is 0 Å². The van der Waals surface area contributed by atoms with Gasteiger partial charge in [-0.25, -0.2) is 0 Å². The smallest absolute Gasteiger partial charge is 0.251 e. The SMILES string of the molecule is CC(CC(=O)N1c2ccccc2CC1C)NC(=O)c1ccccc1. The summed E-state index contributed by atoms with van der Waals surface area (Å²) in [6.45, 7) is 3.93. The molecular weight excluding hydrogens is 300 g/mol. The van der Waals surface area contributed by atoms with Crippen LogP contribution in [0.3, 0.4) is 0 Å². The van der Waals surface area contributed by atoms with Crippen LogP contribution in [0.5, 0.6) is 0 Å². The predicted molar refractivity (Wildman–Crippen MR) is 95.1 cm³/mol. The largest absolute Gasteiger partial charge is 0.349 e. The Morgan fingerprint density at radius 3 is 2.54 bits per heavy atom. The second kappa shape index (κ2) is 6.87. The molecule has 1 aliphatic rings. The minimum atomic E-state index is -0.217.